The van der Waals surface area contributed by atoms with Gasteiger partial charge in [-0.05, 0) is 85.0 Å². The van der Waals surface area contributed by atoms with Gasteiger partial charge in [0.25, 0.3) is 11.7 Å². The maximum atomic E-state index is 13.4. The number of ether oxygens (including phenoxy) is 1. The summed E-state index contributed by atoms with van der Waals surface area (Å²) in [6.45, 7) is 8.30. The standard InChI is InChI=1S/C28H27ClN2O4/c1-5-35-23-9-6-19(15-21(23)16(2)3)26(32)24-25(18-10-12-30-13-11-18)31(28(34)27(24)33)22-8-7-20(29)14-17(22)4/h6-16,25,32H,5H2,1-4H3/b26-24-. The minimum absolute atomic E-state index is 0.0226. The number of hydrogen-bond donors (Lipinski definition) is 1. The minimum Gasteiger partial charge on any atom is -0.507 e. The Balaban J connectivity index is 1.94. The van der Waals surface area contributed by atoms with E-state index in [4.69, 9.17) is 16.3 Å². The molecular weight excluding hydrogens is 464 g/mol. The zero-order valence-corrected chi connectivity index (χ0v) is 20.8. The molecule has 4 rings (SSSR count). The van der Waals surface area contributed by atoms with E-state index in [9.17, 15) is 14.7 Å². The number of aromatic nitrogens is 1. The van der Waals surface area contributed by atoms with E-state index >= 15 is 0 Å². The van der Waals surface area contributed by atoms with Crippen LogP contribution in [0.2, 0.25) is 5.02 Å². The largest absolute Gasteiger partial charge is 0.507 e. The number of aryl methyl sites for hydroxylation is 1. The molecule has 1 aliphatic rings. The molecule has 1 saturated heterocycles. The highest BCUT2D eigenvalue weighted by atomic mass is 35.5. The number of nitrogens with zero attached hydrogens (tertiary/aromatic N) is 2. The first kappa shape index (κ1) is 24.5. The predicted molar refractivity (Wildman–Crippen MR) is 137 cm³/mol. The number of ketones is 1. The van der Waals surface area contributed by atoms with Crippen molar-refractivity contribution in [1.82, 2.24) is 4.98 Å². The van der Waals surface area contributed by atoms with Gasteiger partial charge in [0, 0.05) is 28.7 Å². The van der Waals surface area contributed by atoms with Crippen molar-refractivity contribution in [1.29, 1.82) is 0 Å². The molecule has 0 spiro atoms. The van der Waals surface area contributed by atoms with Crippen LogP contribution < -0.4 is 9.64 Å². The lowest BCUT2D eigenvalue weighted by Crippen LogP contribution is -2.30. The molecule has 1 unspecified atom stereocenters. The maximum Gasteiger partial charge on any atom is 0.300 e. The van der Waals surface area contributed by atoms with Crippen LogP contribution in [0.1, 0.15) is 55.0 Å². The molecule has 1 fully saturated rings. The molecule has 35 heavy (non-hydrogen) atoms. The van der Waals surface area contributed by atoms with Crippen LogP contribution in [0.25, 0.3) is 5.76 Å². The van der Waals surface area contributed by atoms with Crippen LogP contribution in [0, 0.1) is 6.92 Å². The highest BCUT2D eigenvalue weighted by Gasteiger charge is 2.47. The van der Waals surface area contributed by atoms with Crippen LogP contribution in [-0.2, 0) is 9.59 Å². The third kappa shape index (κ3) is 4.54. The van der Waals surface area contributed by atoms with Gasteiger partial charge in [0.1, 0.15) is 11.5 Å². The zero-order chi connectivity index (χ0) is 25.3. The molecule has 7 heteroatoms. The van der Waals surface area contributed by atoms with Crippen LogP contribution in [0.4, 0.5) is 5.69 Å². The fraction of sp³-hybridized carbons (Fsp3) is 0.250. The number of aliphatic hydroxyl groups is 1. The molecule has 1 N–H and O–H groups in total. The number of hydrogen-bond acceptors (Lipinski definition) is 5. The lowest BCUT2D eigenvalue weighted by Gasteiger charge is -2.27. The van der Waals surface area contributed by atoms with Gasteiger partial charge in [-0.25, -0.2) is 0 Å². The molecule has 0 saturated carbocycles. The lowest BCUT2D eigenvalue weighted by atomic mass is 9.93. The van der Waals surface area contributed by atoms with Crippen molar-refractivity contribution in [3.8, 4) is 5.75 Å². The fourth-order valence-electron chi connectivity index (χ4n) is 4.42. The smallest absolute Gasteiger partial charge is 0.300 e. The van der Waals surface area contributed by atoms with Crippen LogP contribution in [0.5, 0.6) is 5.75 Å². The molecule has 0 bridgehead atoms. The summed E-state index contributed by atoms with van der Waals surface area (Å²) < 4.78 is 5.74. The minimum atomic E-state index is -0.827. The Morgan fingerprint density at radius 3 is 2.46 bits per heavy atom. The Morgan fingerprint density at radius 2 is 1.83 bits per heavy atom. The van der Waals surface area contributed by atoms with Gasteiger partial charge >= 0.3 is 0 Å². The second kappa shape index (κ2) is 9.92. The van der Waals surface area contributed by atoms with Crippen molar-refractivity contribution in [3.05, 3.63) is 93.8 Å². The van der Waals surface area contributed by atoms with Gasteiger partial charge < -0.3 is 9.84 Å². The number of amides is 1. The van der Waals surface area contributed by atoms with E-state index in [0.717, 1.165) is 16.9 Å². The van der Waals surface area contributed by atoms with Crippen LogP contribution in [0.15, 0.2) is 66.5 Å². The van der Waals surface area contributed by atoms with Crippen molar-refractivity contribution in [3.63, 3.8) is 0 Å². The van der Waals surface area contributed by atoms with Crippen molar-refractivity contribution in [2.75, 3.05) is 11.5 Å². The molecule has 1 atom stereocenters. The molecule has 1 aliphatic heterocycles. The van der Waals surface area contributed by atoms with Gasteiger partial charge in [0.05, 0.1) is 18.2 Å². The predicted octanol–water partition coefficient (Wildman–Crippen LogP) is 6.19. The zero-order valence-electron chi connectivity index (χ0n) is 20.1. The quantitative estimate of drug-likeness (QED) is 0.253. The number of benzene rings is 2. The summed E-state index contributed by atoms with van der Waals surface area (Å²) in [6.07, 6.45) is 3.19. The molecule has 6 nitrogen and oxygen atoms in total. The van der Waals surface area contributed by atoms with Crippen LogP contribution in [0.3, 0.4) is 0 Å². The van der Waals surface area contributed by atoms with E-state index in [1.807, 2.05) is 33.8 Å². The van der Waals surface area contributed by atoms with E-state index < -0.39 is 17.7 Å². The van der Waals surface area contributed by atoms with Crippen LogP contribution >= 0.6 is 11.6 Å². The number of carbonyl (C=O) groups is 2. The third-order valence-corrected chi connectivity index (χ3v) is 6.32. The summed E-state index contributed by atoms with van der Waals surface area (Å²) in [6, 6.07) is 13.1. The first-order chi connectivity index (χ1) is 16.7. The SMILES string of the molecule is CCOc1ccc(/C(O)=C2/C(=O)C(=O)N(c3ccc(Cl)cc3C)C2c2ccncc2)cc1C(C)C. The Morgan fingerprint density at radius 1 is 1.11 bits per heavy atom. The van der Waals surface area contributed by atoms with Gasteiger partial charge in [-0.2, -0.15) is 0 Å². The molecule has 1 amide bonds. The summed E-state index contributed by atoms with van der Waals surface area (Å²) in [4.78, 5) is 32.2. The molecule has 1 aromatic heterocycles. The fourth-order valence-corrected chi connectivity index (χ4v) is 4.65. The first-order valence-electron chi connectivity index (χ1n) is 11.5. The summed E-state index contributed by atoms with van der Waals surface area (Å²) in [7, 11) is 0. The van der Waals surface area contributed by atoms with Crippen molar-refractivity contribution in [2.24, 2.45) is 0 Å². The average Bonchev–Trinajstić information content (AvgIpc) is 3.10. The van der Waals surface area contributed by atoms with Gasteiger partial charge in [-0.3, -0.25) is 19.5 Å². The number of anilines is 1. The van der Waals surface area contributed by atoms with E-state index in [-0.39, 0.29) is 17.3 Å². The van der Waals surface area contributed by atoms with E-state index in [0.29, 0.717) is 28.4 Å². The normalized spacial score (nSPS) is 17.3. The number of rotatable bonds is 6. The lowest BCUT2D eigenvalue weighted by molar-refractivity contribution is -0.132. The second-order valence-corrected chi connectivity index (χ2v) is 9.16. The molecule has 0 aliphatic carbocycles. The number of aliphatic hydroxyl groups excluding tert-OH is 1. The van der Waals surface area contributed by atoms with Gasteiger partial charge in [0.15, 0.2) is 0 Å². The van der Waals surface area contributed by atoms with Gasteiger partial charge in [0.2, 0.25) is 0 Å². The van der Waals surface area contributed by atoms with E-state index in [2.05, 4.69) is 4.98 Å². The molecule has 0 radical (unpaired) electrons. The number of Topliss-reactive ketones (excluding diaryl/α,β-unsaturated/α-hetero) is 1. The number of pyridine rings is 1. The Hall–Kier alpha value is -3.64. The Kier molecular flexibility index (Phi) is 6.94. The first-order valence-corrected chi connectivity index (χ1v) is 11.9. The Bertz CT molecular complexity index is 1320. The van der Waals surface area contributed by atoms with Gasteiger partial charge in [-0.15, -0.1) is 0 Å². The van der Waals surface area contributed by atoms with E-state index in [1.54, 1.807) is 54.9 Å². The van der Waals surface area contributed by atoms with Crippen molar-refractivity contribution < 1.29 is 19.4 Å². The second-order valence-electron chi connectivity index (χ2n) is 8.72. The topological polar surface area (TPSA) is 79.7 Å². The average molecular weight is 491 g/mol. The summed E-state index contributed by atoms with van der Waals surface area (Å²) in [5.74, 6) is -0.849. The van der Waals surface area contributed by atoms with Crippen molar-refractivity contribution >= 4 is 34.7 Å². The Labute approximate surface area is 209 Å². The highest BCUT2D eigenvalue weighted by molar-refractivity contribution is 6.51. The monoisotopic (exact) mass is 490 g/mol. The molecule has 2 aromatic carbocycles. The maximum absolute atomic E-state index is 13.4. The molecular formula is C28H27ClN2O4. The third-order valence-electron chi connectivity index (χ3n) is 6.09. The number of carbonyl (C=O) groups excluding carboxylic acids is 2. The molecule has 180 valence electrons. The summed E-state index contributed by atoms with van der Waals surface area (Å²) in [5, 5.41) is 12.0. The van der Waals surface area contributed by atoms with Gasteiger partial charge in [-0.1, -0.05) is 25.4 Å². The van der Waals surface area contributed by atoms with Crippen molar-refractivity contribution in [2.45, 2.75) is 39.7 Å². The van der Waals surface area contributed by atoms with Crippen LogP contribution in [-0.4, -0.2) is 28.4 Å². The number of halogens is 1. The summed E-state index contributed by atoms with van der Waals surface area (Å²) in [5.41, 5.74) is 3.31. The summed E-state index contributed by atoms with van der Waals surface area (Å²) >= 11 is 6.14. The highest BCUT2D eigenvalue weighted by Crippen LogP contribution is 2.43. The van der Waals surface area contributed by atoms with E-state index in [1.165, 1.54) is 4.90 Å². The molecule has 2 heterocycles. The molecule has 3 aromatic rings.